The lowest BCUT2D eigenvalue weighted by Crippen LogP contribution is -2.45. The Bertz CT molecular complexity index is 248. The predicted octanol–water partition coefficient (Wildman–Crippen LogP) is 0.756. The first-order chi connectivity index (χ1) is 7.18. The topological polar surface area (TPSA) is 41.1 Å². The summed E-state index contributed by atoms with van der Waals surface area (Å²) in [5.74, 6) is 0.680. The normalized spacial score (nSPS) is 34.5. The van der Waals surface area contributed by atoms with Crippen LogP contribution in [0.15, 0.2) is 0 Å². The monoisotopic (exact) mass is 218 g/mol. The van der Waals surface area contributed by atoms with Crippen molar-refractivity contribution in [3.05, 3.63) is 0 Å². The number of hydrogen-bond donors (Lipinski definition) is 2. The SMILES string of the molecule is O=C(NCC(F)F)C1NCC2CCCC21. The molecular formula is C10H16F2N2O. The summed E-state index contributed by atoms with van der Waals surface area (Å²) >= 11 is 0. The first-order valence-electron chi connectivity index (χ1n) is 5.47. The molecule has 1 heterocycles. The van der Waals surface area contributed by atoms with Gasteiger partial charge in [0.05, 0.1) is 12.6 Å². The summed E-state index contributed by atoms with van der Waals surface area (Å²) in [4.78, 5) is 11.6. The average Bonchev–Trinajstić information content (AvgIpc) is 2.74. The van der Waals surface area contributed by atoms with Gasteiger partial charge in [-0.25, -0.2) is 8.78 Å². The van der Waals surface area contributed by atoms with Gasteiger partial charge in [0.15, 0.2) is 0 Å². The molecule has 5 heteroatoms. The third-order valence-electron chi connectivity index (χ3n) is 3.46. The van der Waals surface area contributed by atoms with Gasteiger partial charge in [-0.1, -0.05) is 6.42 Å². The van der Waals surface area contributed by atoms with Crippen molar-refractivity contribution >= 4 is 5.91 Å². The van der Waals surface area contributed by atoms with Crippen LogP contribution < -0.4 is 10.6 Å². The number of alkyl halides is 2. The Morgan fingerprint density at radius 2 is 2.27 bits per heavy atom. The van der Waals surface area contributed by atoms with Crippen LogP contribution in [0, 0.1) is 11.8 Å². The van der Waals surface area contributed by atoms with E-state index in [1.807, 2.05) is 0 Å². The third kappa shape index (κ3) is 2.27. The maximum atomic E-state index is 11.9. The van der Waals surface area contributed by atoms with Crippen molar-refractivity contribution in [1.29, 1.82) is 0 Å². The van der Waals surface area contributed by atoms with E-state index in [9.17, 15) is 13.6 Å². The molecule has 2 rings (SSSR count). The molecule has 1 amide bonds. The molecule has 2 aliphatic rings. The van der Waals surface area contributed by atoms with E-state index in [0.29, 0.717) is 11.8 Å². The van der Waals surface area contributed by atoms with Crippen LogP contribution in [0.1, 0.15) is 19.3 Å². The van der Waals surface area contributed by atoms with Gasteiger partial charge in [0.25, 0.3) is 6.43 Å². The summed E-state index contributed by atoms with van der Waals surface area (Å²) in [5.41, 5.74) is 0. The number of rotatable bonds is 3. The highest BCUT2D eigenvalue weighted by atomic mass is 19.3. The van der Waals surface area contributed by atoms with E-state index in [1.165, 1.54) is 0 Å². The van der Waals surface area contributed by atoms with Gasteiger partial charge in [0.1, 0.15) is 0 Å². The minimum atomic E-state index is -2.46. The van der Waals surface area contributed by atoms with Gasteiger partial charge >= 0.3 is 0 Å². The van der Waals surface area contributed by atoms with E-state index >= 15 is 0 Å². The zero-order chi connectivity index (χ0) is 10.8. The minimum absolute atomic E-state index is 0.240. The molecule has 1 aliphatic carbocycles. The summed E-state index contributed by atoms with van der Waals surface area (Å²) in [6.45, 7) is 0.325. The van der Waals surface area contributed by atoms with Crippen LogP contribution >= 0.6 is 0 Å². The molecule has 3 nitrogen and oxygen atoms in total. The van der Waals surface area contributed by atoms with E-state index in [4.69, 9.17) is 0 Å². The Morgan fingerprint density at radius 3 is 3.00 bits per heavy atom. The van der Waals surface area contributed by atoms with Gasteiger partial charge in [-0.3, -0.25) is 4.79 Å². The van der Waals surface area contributed by atoms with Crippen LogP contribution in [-0.2, 0) is 4.79 Å². The molecule has 0 aromatic heterocycles. The van der Waals surface area contributed by atoms with Gasteiger partial charge < -0.3 is 10.6 Å². The van der Waals surface area contributed by atoms with Gasteiger partial charge in [-0.15, -0.1) is 0 Å². The lowest BCUT2D eigenvalue weighted by molar-refractivity contribution is -0.124. The highest BCUT2D eigenvalue weighted by molar-refractivity contribution is 5.82. The highest BCUT2D eigenvalue weighted by Crippen LogP contribution is 2.37. The lowest BCUT2D eigenvalue weighted by atomic mass is 9.94. The second-order valence-corrected chi connectivity index (χ2v) is 4.38. The van der Waals surface area contributed by atoms with E-state index in [1.54, 1.807) is 0 Å². The Kier molecular flexibility index (Phi) is 3.19. The molecule has 2 fully saturated rings. The maximum absolute atomic E-state index is 11.9. The Morgan fingerprint density at radius 1 is 1.47 bits per heavy atom. The van der Waals surface area contributed by atoms with Gasteiger partial charge in [0.2, 0.25) is 5.91 Å². The van der Waals surface area contributed by atoms with Crippen molar-refractivity contribution in [3.63, 3.8) is 0 Å². The Hall–Kier alpha value is -0.710. The second kappa shape index (κ2) is 4.43. The predicted molar refractivity (Wildman–Crippen MR) is 51.6 cm³/mol. The summed E-state index contributed by atoms with van der Waals surface area (Å²) in [6, 6.07) is -0.240. The van der Waals surface area contributed by atoms with E-state index < -0.39 is 13.0 Å². The van der Waals surface area contributed by atoms with Crippen LogP contribution in [-0.4, -0.2) is 31.5 Å². The number of hydrogen-bond acceptors (Lipinski definition) is 2. The van der Waals surface area contributed by atoms with Crippen LogP contribution in [0.4, 0.5) is 8.78 Å². The standard InChI is InChI=1S/C10H16F2N2O/c11-8(12)5-14-10(15)9-7-3-1-2-6(7)4-13-9/h6-9,13H,1-5H2,(H,14,15). The summed E-state index contributed by atoms with van der Waals surface area (Å²) in [7, 11) is 0. The summed E-state index contributed by atoms with van der Waals surface area (Å²) in [5, 5.41) is 5.41. The maximum Gasteiger partial charge on any atom is 0.255 e. The largest absolute Gasteiger partial charge is 0.349 e. The number of carbonyl (C=O) groups excluding carboxylic acids is 1. The van der Waals surface area contributed by atoms with Crippen LogP contribution in [0.3, 0.4) is 0 Å². The van der Waals surface area contributed by atoms with Gasteiger partial charge in [0, 0.05) is 0 Å². The molecule has 3 unspecified atom stereocenters. The number of fused-ring (bicyclic) bond motifs is 1. The Balaban J connectivity index is 1.85. The first-order valence-corrected chi connectivity index (χ1v) is 5.47. The van der Waals surface area contributed by atoms with Crippen molar-refractivity contribution < 1.29 is 13.6 Å². The van der Waals surface area contributed by atoms with Crippen LogP contribution in [0.2, 0.25) is 0 Å². The lowest BCUT2D eigenvalue weighted by Gasteiger charge is -2.17. The molecule has 1 saturated heterocycles. The van der Waals surface area contributed by atoms with Crippen molar-refractivity contribution in [2.45, 2.75) is 31.7 Å². The molecule has 0 spiro atoms. The minimum Gasteiger partial charge on any atom is -0.349 e. The fraction of sp³-hybridized carbons (Fsp3) is 0.900. The quantitative estimate of drug-likeness (QED) is 0.734. The molecule has 3 atom stereocenters. The van der Waals surface area contributed by atoms with Gasteiger partial charge in [-0.05, 0) is 31.2 Å². The van der Waals surface area contributed by atoms with E-state index in [0.717, 1.165) is 25.8 Å². The van der Waals surface area contributed by atoms with Crippen molar-refractivity contribution in [2.24, 2.45) is 11.8 Å². The zero-order valence-electron chi connectivity index (χ0n) is 8.51. The molecule has 0 aromatic rings. The van der Waals surface area contributed by atoms with Crippen molar-refractivity contribution in [2.75, 3.05) is 13.1 Å². The highest BCUT2D eigenvalue weighted by Gasteiger charge is 2.42. The summed E-state index contributed by atoms with van der Waals surface area (Å²) < 4.78 is 23.8. The average molecular weight is 218 g/mol. The molecule has 0 radical (unpaired) electrons. The van der Waals surface area contributed by atoms with Gasteiger partial charge in [-0.2, -0.15) is 0 Å². The molecule has 86 valence electrons. The van der Waals surface area contributed by atoms with Crippen molar-refractivity contribution in [1.82, 2.24) is 10.6 Å². The first kappa shape index (κ1) is 10.8. The molecule has 1 saturated carbocycles. The fourth-order valence-electron chi connectivity index (χ4n) is 2.76. The van der Waals surface area contributed by atoms with Crippen LogP contribution in [0.5, 0.6) is 0 Å². The number of halogens is 2. The molecule has 0 bridgehead atoms. The molecular weight excluding hydrogens is 202 g/mol. The zero-order valence-corrected chi connectivity index (χ0v) is 8.51. The molecule has 1 aliphatic heterocycles. The third-order valence-corrected chi connectivity index (χ3v) is 3.46. The van der Waals surface area contributed by atoms with Crippen LogP contribution in [0.25, 0.3) is 0 Å². The number of carbonyl (C=O) groups is 1. The molecule has 0 aromatic carbocycles. The van der Waals surface area contributed by atoms with Crippen molar-refractivity contribution in [3.8, 4) is 0 Å². The summed E-state index contributed by atoms with van der Waals surface area (Å²) in [6.07, 6.45) is 0.908. The Labute approximate surface area is 87.6 Å². The molecule has 15 heavy (non-hydrogen) atoms. The van der Waals surface area contributed by atoms with E-state index in [-0.39, 0.29) is 11.9 Å². The molecule has 2 N–H and O–H groups in total. The smallest absolute Gasteiger partial charge is 0.255 e. The second-order valence-electron chi connectivity index (χ2n) is 4.38. The fourth-order valence-corrected chi connectivity index (χ4v) is 2.76. The van der Waals surface area contributed by atoms with E-state index in [2.05, 4.69) is 10.6 Å². The number of nitrogens with one attached hydrogen (secondary N) is 2. The number of amides is 1.